The molecule has 0 unspecified atom stereocenters. The van der Waals surface area contributed by atoms with Gasteiger partial charge in [0.2, 0.25) is 5.88 Å². The minimum Gasteiger partial charge on any atom is -0.474 e. The minimum absolute atomic E-state index is 0.189. The SMILES string of the molecule is CCCNCc1cc(F)cnc1OC1CCN(C)CC1. The van der Waals surface area contributed by atoms with E-state index < -0.39 is 0 Å². The van der Waals surface area contributed by atoms with E-state index in [4.69, 9.17) is 4.74 Å². The highest BCUT2D eigenvalue weighted by molar-refractivity contribution is 5.26. The molecule has 1 N–H and O–H groups in total. The van der Waals surface area contributed by atoms with Gasteiger partial charge in [0.25, 0.3) is 0 Å². The molecule has 0 bridgehead atoms. The van der Waals surface area contributed by atoms with Crippen LogP contribution in [0.25, 0.3) is 0 Å². The lowest BCUT2D eigenvalue weighted by Crippen LogP contribution is -2.36. The second kappa shape index (κ2) is 7.55. The van der Waals surface area contributed by atoms with Crippen molar-refractivity contribution in [3.05, 3.63) is 23.6 Å². The van der Waals surface area contributed by atoms with Crippen molar-refractivity contribution in [3.8, 4) is 5.88 Å². The molecule has 1 fully saturated rings. The number of rotatable bonds is 6. The number of halogens is 1. The Labute approximate surface area is 120 Å². The molecule has 112 valence electrons. The van der Waals surface area contributed by atoms with Gasteiger partial charge in [0, 0.05) is 25.2 Å². The summed E-state index contributed by atoms with van der Waals surface area (Å²) in [6.07, 6.45) is 4.46. The Kier molecular flexibility index (Phi) is 5.73. The number of piperidine rings is 1. The lowest BCUT2D eigenvalue weighted by molar-refractivity contribution is 0.108. The first-order valence-corrected chi connectivity index (χ1v) is 7.39. The van der Waals surface area contributed by atoms with Crippen LogP contribution in [0.3, 0.4) is 0 Å². The number of hydrogen-bond donors (Lipinski definition) is 1. The van der Waals surface area contributed by atoms with Crippen LogP contribution in [0.5, 0.6) is 5.88 Å². The zero-order valence-electron chi connectivity index (χ0n) is 12.4. The molecule has 1 aromatic heterocycles. The van der Waals surface area contributed by atoms with Gasteiger partial charge in [-0.1, -0.05) is 6.92 Å². The van der Waals surface area contributed by atoms with E-state index >= 15 is 0 Å². The Morgan fingerprint density at radius 3 is 2.90 bits per heavy atom. The third kappa shape index (κ3) is 4.42. The van der Waals surface area contributed by atoms with Crippen molar-refractivity contribution < 1.29 is 9.13 Å². The zero-order chi connectivity index (χ0) is 14.4. The number of nitrogens with one attached hydrogen (secondary N) is 1. The summed E-state index contributed by atoms with van der Waals surface area (Å²) in [5, 5.41) is 3.27. The fraction of sp³-hybridized carbons (Fsp3) is 0.667. The second-order valence-electron chi connectivity index (χ2n) is 5.42. The predicted octanol–water partition coefficient (Wildman–Crippen LogP) is 2.19. The maximum Gasteiger partial charge on any atom is 0.218 e. The van der Waals surface area contributed by atoms with Crippen LogP contribution in [0.4, 0.5) is 4.39 Å². The zero-order valence-corrected chi connectivity index (χ0v) is 12.4. The second-order valence-corrected chi connectivity index (χ2v) is 5.42. The number of nitrogens with zero attached hydrogens (tertiary/aromatic N) is 2. The summed E-state index contributed by atoms with van der Waals surface area (Å²) in [4.78, 5) is 6.41. The van der Waals surface area contributed by atoms with E-state index in [-0.39, 0.29) is 11.9 Å². The van der Waals surface area contributed by atoms with Gasteiger partial charge in [-0.2, -0.15) is 0 Å². The summed E-state index contributed by atoms with van der Waals surface area (Å²) in [6, 6.07) is 1.51. The standard InChI is InChI=1S/C15H24FN3O/c1-3-6-17-10-12-9-13(16)11-18-15(12)20-14-4-7-19(2)8-5-14/h9,11,14,17H,3-8,10H2,1-2H3. The Hall–Kier alpha value is -1.20. The highest BCUT2D eigenvalue weighted by Crippen LogP contribution is 2.21. The maximum atomic E-state index is 13.3. The van der Waals surface area contributed by atoms with E-state index in [1.807, 2.05) is 0 Å². The van der Waals surface area contributed by atoms with Gasteiger partial charge in [0.05, 0.1) is 6.20 Å². The quantitative estimate of drug-likeness (QED) is 0.811. The fourth-order valence-corrected chi connectivity index (χ4v) is 2.36. The first-order valence-electron chi connectivity index (χ1n) is 7.39. The maximum absolute atomic E-state index is 13.3. The number of likely N-dealkylation sites (tertiary alicyclic amines) is 1. The van der Waals surface area contributed by atoms with Crippen molar-refractivity contribution >= 4 is 0 Å². The lowest BCUT2D eigenvalue weighted by Gasteiger charge is -2.29. The first kappa shape index (κ1) is 15.2. The fourth-order valence-electron chi connectivity index (χ4n) is 2.36. The van der Waals surface area contributed by atoms with Crippen LogP contribution >= 0.6 is 0 Å². The Morgan fingerprint density at radius 1 is 1.45 bits per heavy atom. The van der Waals surface area contributed by atoms with Gasteiger partial charge in [-0.15, -0.1) is 0 Å². The number of aromatic nitrogens is 1. The predicted molar refractivity (Wildman–Crippen MR) is 77.3 cm³/mol. The summed E-state index contributed by atoms with van der Waals surface area (Å²) in [5.41, 5.74) is 0.803. The molecular weight excluding hydrogens is 257 g/mol. The van der Waals surface area contributed by atoms with Crippen LogP contribution in [0.2, 0.25) is 0 Å². The molecular formula is C15H24FN3O. The van der Waals surface area contributed by atoms with E-state index in [0.717, 1.165) is 44.5 Å². The summed E-state index contributed by atoms with van der Waals surface area (Å²) in [7, 11) is 2.12. The van der Waals surface area contributed by atoms with E-state index in [9.17, 15) is 4.39 Å². The normalized spacial score (nSPS) is 17.4. The monoisotopic (exact) mass is 281 g/mol. The molecule has 1 aromatic rings. The largest absolute Gasteiger partial charge is 0.474 e. The number of hydrogen-bond acceptors (Lipinski definition) is 4. The van der Waals surface area contributed by atoms with Crippen LogP contribution in [0.15, 0.2) is 12.3 Å². The first-order chi connectivity index (χ1) is 9.69. The van der Waals surface area contributed by atoms with Crippen LogP contribution in [-0.4, -0.2) is 42.7 Å². The van der Waals surface area contributed by atoms with Crippen molar-refractivity contribution in [2.75, 3.05) is 26.7 Å². The number of pyridine rings is 1. The number of ether oxygens (including phenoxy) is 1. The van der Waals surface area contributed by atoms with Crippen LogP contribution in [-0.2, 0) is 6.54 Å². The van der Waals surface area contributed by atoms with E-state index in [1.165, 1.54) is 12.3 Å². The molecule has 1 saturated heterocycles. The highest BCUT2D eigenvalue weighted by Gasteiger charge is 2.20. The van der Waals surface area contributed by atoms with Crippen LogP contribution < -0.4 is 10.1 Å². The average molecular weight is 281 g/mol. The topological polar surface area (TPSA) is 37.4 Å². The van der Waals surface area contributed by atoms with Gasteiger partial charge >= 0.3 is 0 Å². The van der Waals surface area contributed by atoms with Crippen LogP contribution in [0, 0.1) is 5.82 Å². The van der Waals surface area contributed by atoms with Crippen LogP contribution in [0.1, 0.15) is 31.7 Å². The molecule has 0 atom stereocenters. The van der Waals surface area contributed by atoms with Gasteiger partial charge in [0.15, 0.2) is 0 Å². The van der Waals surface area contributed by atoms with E-state index in [2.05, 4.69) is 29.2 Å². The lowest BCUT2D eigenvalue weighted by atomic mass is 10.1. The van der Waals surface area contributed by atoms with Gasteiger partial charge in [-0.25, -0.2) is 9.37 Å². The molecule has 1 aliphatic heterocycles. The van der Waals surface area contributed by atoms with Crippen molar-refractivity contribution in [3.63, 3.8) is 0 Å². The molecule has 20 heavy (non-hydrogen) atoms. The average Bonchev–Trinajstić information content (AvgIpc) is 2.44. The summed E-state index contributed by atoms with van der Waals surface area (Å²) in [6.45, 7) is 5.68. The third-order valence-corrected chi connectivity index (χ3v) is 3.58. The smallest absolute Gasteiger partial charge is 0.218 e. The van der Waals surface area contributed by atoms with E-state index in [0.29, 0.717) is 12.4 Å². The molecule has 0 aromatic carbocycles. The Bertz CT molecular complexity index is 420. The van der Waals surface area contributed by atoms with Gasteiger partial charge in [0.1, 0.15) is 11.9 Å². The van der Waals surface area contributed by atoms with Gasteiger partial charge < -0.3 is 15.0 Å². The van der Waals surface area contributed by atoms with Gasteiger partial charge in [-0.3, -0.25) is 0 Å². The Balaban J connectivity index is 1.98. The van der Waals surface area contributed by atoms with E-state index in [1.54, 1.807) is 0 Å². The van der Waals surface area contributed by atoms with Crippen molar-refractivity contribution in [1.82, 2.24) is 15.2 Å². The molecule has 1 aliphatic rings. The summed E-state index contributed by atoms with van der Waals surface area (Å²) >= 11 is 0. The minimum atomic E-state index is -0.311. The summed E-state index contributed by atoms with van der Waals surface area (Å²) < 4.78 is 19.3. The molecule has 0 saturated carbocycles. The molecule has 0 aliphatic carbocycles. The highest BCUT2D eigenvalue weighted by atomic mass is 19.1. The molecule has 0 amide bonds. The van der Waals surface area contributed by atoms with Crippen molar-refractivity contribution in [2.45, 2.75) is 38.8 Å². The molecule has 2 heterocycles. The van der Waals surface area contributed by atoms with Crippen molar-refractivity contribution in [2.24, 2.45) is 0 Å². The van der Waals surface area contributed by atoms with Crippen molar-refractivity contribution in [1.29, 1.82) is 0 Å². The molecule has 0 spiro atoms. The molecule has 2 rings (SSSR count). The Morgan fingerprint density at radius 2 is 2.20 bits per heavy atom. The third-order valence-electron chi connectivity index (χ3n) is 3.58. The summed E-state index contributed by atoms with van der Waals surface area (Å²) in [5.74, 6) is 0.263. The molecule has 5 heteroatoms. The van der Waals surface area contributed by atoms with Gasteiger partial charge in [-0.05, 0) is 38.9 Å². The molecule has 0 radical (unpaired) electrons. The molecule has 4 nitrogen and oxygen atoms in total.